The largest absolute Gasteiger partial charge is 0.481 e. The van der Waals surface area contributed by atoms with E-state index in [0.29, 0.717) is 19.0 Å². The number of nitrogens with one attached hydrogen (secondary N) is 1. The van der Waals surface area contributed by atoms with Gasteiger partial charge in [0.15, 0.2) is 0 Å². The van der Waals surface area contributed by atoms with E-state index >= 15 is 0 Å². The first-order chi connectivity index (χ1) is 9.68. The fourth-order valence-corrected chi connectivity index (χ4v) is 3.82. The summed E-state index contributed by atoms with van der Waals surface area (Å²) in [6.07, 6.45) is 2.81. The van der Waals surface area contributed by atoms with Crippen molar-refractivity contribution in [3.8, 4) is 0 Å². The second kappa shape index (κ2) is 5.50. The van der Waals surface area contributed by atoms with Crippen LogP contribution in [-0.4, -0.2) is 41.1 Å². The summed E-state index contributed by atoms with van der Waals surface area (Å²) >= 11 is 0. The lowest BCUT2D eigenvalue weighted by molar-refractivity contribution is -0.138. The van der Waals surface area contributed by atoms with Crippen LogP contribution in [0.5, 0.6) is 0 Å². The van der Waals surface area contributed by atoms with Crippen LogP contribution in [0.25, 0.3) is 0 Å². The first kappa shape index (κ1) is 16.1. The van der Waals surface area contributed by atoms with Gasteiger partial charge in [-0.1, -0.05) is 27.7 Å². The predicted molar refractivity (Wildman–Crippen MR) is 81.0 cm³/mol. The van der Waals surface area contributed by atoms with Gasteiger partial charge >= 0.3 is 12.0 Å². The number of carboxylic acids is 1. The van der Waals surface area contributed by atoms with E-state index in [-0.39, 0.29) is 29.3 Å². The highest BCUT2D eigenvalue weighted by Crippen LogP contribution is 2.67. The predicted octanol–water partition coefficient (Wildman–Crippen LogP) is 2.71. The van der Waals surface area contributed by atoms with Crippen LogP contribution in [0, 0.1) is 16.7 Å². The van der Waals surface area contributed by atoms with E-state index in [1.54, 1.807) is 4.90 Å². The van der Waals surface area contributed by atoms with Gasteiger partial charge in [-0.15, -0.1) is 0 Å². The molecule has 5 nitrogen and oxygen atoms in total. The highest BCUT2D eigenvalue weighted by molar-refractivity contribution is 5.76. The molecule has 21 heavy (non-hydrogen) atoms. The molecule has 0 aromatic carbocycles. The van der Waals surface area contributed by atoms with E-state index in [0.717, 1.165) is 19.3 Å². The fourth-order valence-electron chi connectivity index (χ4n) is 3.82. The molecule has 1 atom stereocenters. The van der Waals surface area contributed by atoms with Crippen LogP contribution in [0.3, 0.4) is 0 Å². The van der Waals surface area contributed by atoms with Crippen LogP contribution in [0.4, 0.5) is 4.79 Å². The summed E-state index contributed by atoms with van der Waals surface area (Å²) in [6.45, 7) is 10.3. The molecule has 1 aliphatic carbocycles. The van der Waals surface area contributed by atoms with Crippen molar-refractivity contribution in [3.05, 3.63) is 0 Å². The van der Waals surface area contributed by atoms with Crippen LogP contribution in [0.2, 0.25) is 0 Å². The average molecular weight is 296 g/mol. The Kier molecular flexibility index (Phi) is 4.22. The lowest BCUT2D eigenvalue weighted by Gasteiger charge is -2.35. The Morgan fingerprint density at radius 1 is 1.19 bits per heavy atom. The summed E-state index contributed by atoms with van der Waals surface area (Å²) in [5.74, 6) is -0.346. The molecule has 0 bridgehead atoms. The molecule has 1 saturated heterocycles. The van der Waals surface area contributed by atoms with E-state index in [2.05, 4.69) is 33.0 Å². The quantitative estimate of drug-likeness (QED) is 0.838. The minimum absolute atomic E-state index is 0.0494. The van der Waals surface area contributed by atoms with Gasteiger partial charge in [-0.05, 0) is 36.0 Å². The monoisotopic (exact) mass is 296 g/mol. The second-order valence-electron chi connectivity index (χ2n) is 7.62. The fraction of sp³-hybridized carbons (Fsp3) is 0.875. The van der Waals surface area contributed by atoms with E-state index in [1.807, 2.05) is 0 Å². The van der Waals surface area contributed by atoms with Gasteiger partial charge in [-0.3, -0.25) is 4.79 Å². The smallest absolute Gasteiger partial charge is 0.317 e. The number of likely N-dealkylation sites (tertiary alicyclic amines) is 1. The van der Waals surface area contributed by atoms with Gasteiger partial charge in [-0.2, -0.15) is 0 Å². The molecule has 1 aliphatic heterocycles. The van der Waals surface area contributed by atoms with Crippen molar-refractivity contribution < 1.29 is 14.7 Å². The number of hydrogen-bond donors (Lipinski definition) is 2. The summed E-state index contributed by atoms with van der Waals surface area (Å²) in [5, 5.41) is 12.0. The Balaban J connectivity index is 1.88. The van der Waals surface area contributed by atoms with Gasteiger partial charge in [0.2, 0.25) is 0 Å². The van der Waals surface area contributed by atoms with Crippen LogP contribution in [-0.2, 0) is 4.79 Å². The van der Waals surface area contributed by atoms with Crippen molar-refractivity contribution in [2.45, 2.75) is 59.4 Å². The van der Waals surface area contributed by atoms with E-state index in [4.69, 9.17) is 5.11 Å². The van der Waals surface area contributed by atoms with Crippen molar-refractivity contribution in [2.75, 3.05) is 13.1 Å². The zero-order valence-corrected chi connectivity index (χ0v) is 13.6. The molecule has 1 unspecified atom stereocenters. The van der Waals surface area contributed by atoms with Crippen LogP contribution < -0.4 is 5.32 Å². The molecule has 0 spiro atoms. The Hall–Kier alpha value is -1.26. The molecular formula is C16H28N2O3. The summed E-state index contributed by atoms with van der Waals surface area (Å²) < 4.78 is 0. The summed E-state index contributed by atoms with van der Waals surface area (Å²) in [4.78, 5) is 25.0. The van der Waals surface area contributed by atoms with Gasteiger partial charge in [-0.25, -0.2) is 4.79 Å². The number of rotatable bonds is 4. The minimum atomic E-state index is -0.829. The third kappa shape index (κ3) is 3.01. The molecule has 2 aliphatic rings. The SMILES string of the molecule is CC1(C)C(CNC(=O)N2CCCCC2CC(=O)O)C1(C)C. The molecule has 0 aromatic rings. The first-order valence-electron chi connectivity index (χ1n) is 7.94. The number of nitrogens with zero attached hydrogens (tertiary/aromatic N) is 1. The zero-order valence-electron chi connectivity index (χ0n) is 13.6. The topological polar surface area (TPSA) is 69.6 Å². The van der Waals surface area contributed by atoms with Crippen molar-refractivity contribution in [1.82, 2.24) is 10.2 Å². The zero-order chi connectivity index (χ0) is 15.8. The Bertz CT molecular complexity index is 417. The lowest BCUT2D eigenvalue weighted by atomic mass is 10.00. The maximum Gasteiger partial charge on any atom is 0.317 e. The maximum atomic E-state index is 12.4. The van der Waals surface area contributed by atoms with E-state index < -0.39 is 5.97 Å². The molecule has 1 saturated carbocycles. The maximum absolute atomic E-state index is 12.4. The van der Waals surface area contributed by atoms with Gasteiger partial charge < -0.3 is 15.3 Å². The number of carboxylic acid groups (broad SMARTS) is 1. The van der Waals surface area contributed by atoms with Crippen LogP contribution in [0.15, 0.2) is 0 Å². The van der Waals surface area contributed by atoms with E-state index in [1.165, 1.54) is 0 Å². The standard InChI is InChI=1S/C16H28N2O3/c1-15(2)12(16(15,3)4)10-17-14(21)18-8-6-5-7-11(18)9-13(19)20/h11-12H,5-10H2,1-4H3,(H,17,21)(H,19,20). The third-order valence-electron chi connectivity index (χ3n) is 6.08. The van der Waals surface area contributed by atoms with Gasteiger partial charge in [0.1, 0.15) is 0 Å². The Morgan fingerprint density at radius 3 is 2.33 bits per heavy atom. The minimum Gasteiger partial charge on any atom is -0.481 e. The van der Waals surface area contributed by atoms with Gasteiger partial charge in [0.25, 0.3) is 0 Å². The van der Waals surface area contributed by atoms with Crippen molar-refractivity contribution in [2.24, 2.45) is 16.7 Å². The van der Waals surface area contributed by atoms with Crippen molar-refractivity contribution in [1.29, 1.82) is 0 Å². The normalized spacial score (nSPS) is 27.2. The lowest BCUT2D eigenvalue weighted by Crippen LogP contribution is -2.49. The molecule has 120 valence electrons. The Morgan fingerprint density at radius 2 is 1.81 bits per heavy atom. The van der Waals surface area contributed by atoms with Gasteiger partial charge in [0, 0.05) is 19.1 Å². The van der Waals surface area contributed by atoms with Crippen molar-refractivity contribution >= 4 is 12.0 Å². The van der Waals surface area contributed by atoms with Crippen molar-refractivity contribution in [3.63, 3.8) is 0 Å². The third-order valence-corrected chi connectivity index (χ3v) is 6.08. The molecule has 1 heterocycles. The van der Waals surface area contributed by atoms with Crippen LogP contribution in [0.1, 0.15) is 53.4 Å². The highest BCUT2D eigenvalue weighted by Gasteiger charge is 2.64. The highest BCUT2D eigenvalue weighted by atomic mass is 16.4. The molecule has 2 amide bonds. The number of aliphatic carboxylic acids is 1. The van der Waals surface area contributed by atoms with Gasteiger partial charge in [0.05, 0.1) is 6.42 Å². The molecule has 2 N–H and O–H groups in total. The number of carbonyl (C=O) groups excluding carboxylic acids is 1. The molecule has 5 heteroatoms. The average Bonchev–Trinajstić information content (AvgIpc) is 2.76. The summed E-state index contributed by atoms with van der Waals surface area (Å²) in [5.41, 5.74) is 0.505. The van der Waals surface area contributed by atoms with Crippen LogP contribution >= 0.6 is 0 Å². The molecule has 2 rings (SSSR count). The molecule has 0 aromatic heterocycles. The molecule has 0 radical (unpaired) electrons. The summed E-state index contributed by atoms with van der Waals surface area (Å²) in [7, 11) is 0. The number of carbonyl (C=O) groups is 2. The second-order valence-corrected chi connectivity index (χ2v) is 7.62. The summed E-state index contributed by atoms with van der Waals surface area (Å²) in [6, 6.07) is -0.254. The molecular weight excluding hydrogens is 268 g/mol. The number of urea groups is 1. The number of piperidine rings is 1. The molecule has 2 fully saturated rings. The first-order valence-corrected chi connectivity index (χ1v) is 7.94. The Labute approximate surface area is 127 Å². The number of amides is 2. The van der Waals surface area contributed by atoms with E-state index in [9.17, 15) is 9.59 Å². The number of hydrogen-bond acceptors (Lipinski definition) is 2.